The number of thiophene rings is 1. The van der Waals surface area contributed by atoms with E-state index in [1.165, 1.54) is 23.1 Å². The van der Waals surface area contributed by atoms with Crippen molar-refractivity contribution < 1.29 is 9.53 Å². The van der Waals surface area contributed by atoms with Crippen molar-refractivity contribution in [3.63, 3.8) is 0 Å². The van der Waals surface area contributed by atoms with Gasteiger partial charge in [0, 0.05) is 24.7 Å². The second-order valence-corrected chi connectivity index (χ2v) is 9.01. The number of ether oxygens (including phenoxy) is 1. The van der Waals surface area contributed by atoms with E-state index in [0.717, 1.165) is 42.5 Å². The molecule has 1 aliphatic heterocycles. The van der Waals surface area contributed by atoms with Crippen LogP contribution in [0.2, 0.25) is 0 Å². The Kier molecular flexibility index (Phi) is 6.46. The number of carbonyl (C=O) groups is 1. The molecule has 0 spiro atoms. The molecule has 0 bridgehead atoms. The van der Waals surface area contributed by atoms with Crippen LogP contribution in [0.15, 0.2) is 28.3 Å². The largest absolute Gasteiger partial charge is 0.376 e. The van der Waals surface area contributed by atoms with Gasteiger partial charge in [-0.25, -0.2) is 9.97 Å². The van der Waals surface area contributed by atoms with Crippen molar-refractivity contribution in [3.8, 4) is 0 Å². The van der Waals surface area contributed by atoms with Crippen LogP contribution in [-0.2, 0) is 16.1 Å². The monoisotopic (exact) mass is 432 g/mol. The fourth-order valence-corrected chi connectivity index (χ4v) is 5.25. The van der Waals surface area contributed by atoms with E-state index in [0.29, 0.717) is 28.5 Å². The van der Waals surface area contributed by atoms with E-state index >= 15 is 0 Å². The number of pyridine rings is 1. The van der Waals surface area contributed by atoms with Gasteiger partial charge in [0.25, 0.3) is 5.56 Å². The quantitative estimate of drug-likeness (QED) is 0.334. The molecule has 1 aliphatic rings. The number of hydrogen-bond acceptors (Lipinski definition) is 7. The van der Waals surface area contributed by atoms with Crippen molar-refractivity contribution >= 4 is 49.4 Å². The summed E-state index contributed by atoms with van der Waals surface area (Å²) in [6, 6.07) is 3.78. The molecule has 29 heavy (non-hydrogen) atoms. The van der Waals surface area contributed by atoms with Gasteiger partial charge in [-0.05, 0) is 31.4 Å². The maximum absolute atomic E-state index is 13.3. The summed E-state index contributed by atoms with van der Waals surface area (Å²) in [6.45, 7) is 3.95. The third-order valence-corrected chi connectivity index (χ3v) is 6.98. The molecule has 4 heterocycles. The van der Waals surface area contributed by atoms with Crippen molar-refractivity contribution in [1.29, 1.82) is 0 Å². The summed E-state index contributed by atoms with van der Waals surface area (Å²) in [5.41, 5.74) is 0.586. The van der Waals surface area contributed by atoms with Crippen LogP contribution in [-0.4, -0.2) is 45.5 Å². The highest BCUT2D eigenvalue weighted by molar-refractivity contribution is 7.99. The average molecular weight is 433 g/mol. The molecule has 7 nitrogen and oxygen atoms in total. The first kappa shape index (κ1) is 20.3. The van der Waals surface area contributed by atoms with Crippen LogP contribution in [0.5, 0.6) is 0 Å². The van der Waals surface area contributed by atoms with Gasteiger partial charge < -0.3 is 10.1 Å². The van der Waals surface area contributed by atoms with Crippen LogP contribution in [0.4, 0.5) is 0 Å². The molecule has 1 fully saturated rings. The Hall–Kier alpha value is -1.97. The molecule has 0 unspecified atom stereocenters. The van der Waals surface area contributed by atoms with Crippen molar-refractivity contribution in [2.24, 2.45) is 0 Å². The minimum absolute atomic E-state index is 0.0113. The topological polar surface area (TPSA) is 86.1 Å². The van der Waals surface area contributed by atoms with E-state index in [2.05, 4.69) is 17.2 Å². The fourth-order valence-electron chi connectivity index (χ4n) is 3.39. The molecule has 0 aromatic carbocycles. The number of thioether (sulfide) groups is 1. The maximum Gasteiger partial charge on any atom is 0.272 e. The molecular weight excluding hydrogens is 408 g/mol. The zero-order valence-electron chi connectivity index (χ0n) is 16.3. The lowest BCUT2D eigenvalue weighted by molar-refractivity contribution is -0.118. The van der Waals surface area contributed by atoms with Crippen LogP contribution in [0.1, 0.15) is 32.6 Å². The number of carbonyl (C=O) groups excluding carboxylic acids is 1. The smallest absolute Gasteiger partial charge is 0.272 e. The predicted octanol–water partition coefficient (Wildman–Crippen LogP) is 3.19. The molecule has 0 radical (unpaired) electrons. The van der Waals surface area contributed by atoms with Crippen LogP contribution in [0, 0.1) is 0 Å². The lowest BCUT2D eigenvalue weighted by atomic mass is 10.2. The zero-order chi connectivity index (χ0) is 20.2. The van der Waals surface area contributed by atoms with Gasteiger partial charge in [0.1, 0.15) is 9.53 Å². The lowest BCUT2D eigenvalue weighted by Crippen LogP contribution is -2.30. The molecule has 1 amide bonds. The van der Waals surface area contributed by atoms with Gasteiger partial charge in [0.05, 0.1) is 23.9 Å². The molecule has 1 atom stereocenters. The van der Waals surface area contributed by atoms with E-state index in [-0.39, 0.29) is 23.3 Å². The van der Waals surface area contributed by atoms with Gasteiger partial charge in [-0.1, -0.05) is 25.1 Å². The molecule has 1 N–H and O–H groups in total. The van der Waals surface area contributed by atoms with Crippen molar-refractivity contribution in [2.75, 3.05) is 18.9 Å². The highest BCUT2D eigenvalue weighted by Gasteiger charge is 2.22. The number of amides is 1. The summed E-state index contributed by atoms with van der Waals surface area (Å²) in [6.07, 6.45) is 5.66. The summed E-state index contributed by atoms with van der Waals surface area (Å²) in [5.74, 6) is 0.186. The second-order valence-electron chi connectivity index (χ2n) is 7.07. The van der Waals surface area contributed by atoms with Gasteiger partial charge in [0.2, 0.25) is 5.91 Å². The Morgan fingerprint density at radius 2 is 2.38 bits per heavy atom. The Morgan fingerprint density at radius 1 is 1.48 bits per heavy atom. The molecule has 3 aromatic heterocycles. The summed E-state index contributed by atoms with van der Waals surface area (Å²) < 4.78 is 8.03. The molecule has 1 saturated heterocycles. The van der Waals surface area contributed by atoms with E-state index < -0.39 is 0 Å². The number of fused-ring (bicyclic) bond motifs is 3. The van der Waals surface area contributed by atoms with Crippen LogP contribution in [0.3, 0.4) is 0 Å². The maximum atomic E-state index is 13.3. The SMILES string of the molecule is CCCCNC(=O)CSc1nc2c(sc3ncccc32)c(=O)n1C[C@H]1CCCO1. The number of unbranched alkanes of at least 4 members (excludes halogenated alkanes) is 1. The normalized spacial score (nSPS) is 16.7. The second kappa shape index (κ2) is 9.23. The molecular formula is C20H24N4O3S2. The van der Waals surface area contributed by atoms with Crippen LogP contribution in [0.25, 0.3) is 20.4 Å². The third-order valence-electron chi connectivity index (χ3n) is 4.91. The number of aromatic nitrogens is 3. The van der Waals surface area contributed by atoms with Crippen molar-refractivity contribution in [1.82, 2.24) is 19.9 Å². The van der Waals surface area contributed by atoms with Crippen molar-refractivity contribution in [2.45, 2.75) is 50.4 Å². The summed E-state index contributed by atoms with van der Waals surface area (Å²) >= 11 is 2.68. The Balaban J connectivity index is 1.68. The molecule has 154 valence electrons. The van der Waals surface area contributed by atoms with Gasteiger partial charge in [-0.3, -0.25) is 14.2 Å². The van der Waals surface area contributed by atoms with Gasteiger partial charge >= 0.3 is 0 Å². The first-order valence-corrected chi connectivity index (χ1v) is 11.8. The summed E-state index contributed by atoms with van der Waals surface area (Å²) in [4.78, 5) is 35.4. The number of nitrogens with zero attached hydrogens (tertiary/aromatic N) is 3. The minimum atomic E-state index is -0.0811. The Labute approximate surface area is 176 Å². The fraction of sp³-hybridized carbons (Fsp3) is 0.500. The zero-order valence-corrected chi connectivity index (χ0v) is 18.0. The Bertz CT molecular complexity index is 1070. The van der Waals surface area contributed by atoms with Gasteiger partial charge in [0.15, 0.2) is 5.16 Å². The highest BCUT2D eigenvalue weighted by atomic mass is 32.2. The molecule has 9 heteroatoms. The minimum Gasteiger partial charge on any atom is -0.376 e. The average Bonchev–Trinajstić information content (AvgIpc) is 3.37. The van der Waals surface area contributed by atoms with Gasteiger partial charge in [-0.2, -0.15) is 0 Å². The summed E-state index contributed by atoms with van der Waals surface area (Å²) in [5, 5.41) is 4.36. The molecule has 4 rings (SSSR count). The van der Waals surface area contributed by atoms with E-state index in [1.54, 1.807) is 10.8 Å². The molecule has 0 saturated carbocycles. The standard InChI is InChI=1S/C20H24N4O3S2/c1-2-3-8-21-15(25)12-28-20-23-16-14-7-4-9-22-18(14)29-17(16)19(26)24(20)11-13-6-5-10-27-13/h4,7,9,13H,2-3,5-6,8,10-12H2,1H3,(H,21,25)/t13-/m1/s1. The van der Waals surface area contributed by atoms with E-state index in [4.69, 9.17) is 9.72 Å². The Morgan fingerprint density at radius 3 is 3.17 bits per heavy atom. The van der Waals surface area contributed by atoms with Crippen LogP contribution < -0.4 is 10.9 Å². The van der Waals surface area contributed by atoms with E-state index in [9.17, 15) is 9.59 Å². The first-order valence-electron chi connectivity index (χ1n) is 9.96. The highest BCUT2D eigenvalue weighted by Crippen LogP contribution is 2.30. The number of hydrogen-bond donors (Lipinski definition) is 1. The predicted molar refractivity (Wildman–Crippen MR) is 117 cm³/mol. The van der Waals surface area contributed by atoms with Crippen molar-refractivity contribution in [3.05, 3.63) is 28.7 Å². The number of rotatable bonds is 8. The number of nitrogens with one attached hydrogen (secondary N) is 1. The first-order chi connectivity index (χ1) is 14.2. The van der Waals surface area contributed by atoms with E-state index in [1.807, 2.05) is 12.1 Å². The molecule has 3 aromatic rings. The van der Waals surface area contributed by atoms with Gasteiger partial charge in [-0.15, -0.1) is 11.3 Å². The van der Waals surface area contributed by atoms with Crippen LogP contribution >= 0.6 is 23.1 Å². The summed E-state index contributed by atoms with van der Waals surface area (Å²) in [7, 11) is 0. The third kappa shape index (κ3) is 4.46. The lowest BCUT2D eigenvalue weighted by Gasteiger charge is -2.15. The molecule has 0 aliphatic carbocycles.